The molecule has 1 unspecified atom stereocenters. The summed E-state index contributed by atoms with van der Waals surface area (Å²) in [6.07, 6.45) is 1.39. The maximum atomic E-state index is 14.6. The van der Waals surface area contributed by atoms with E-state index >= 15 is 0 Å². The highest BCUT2D eigenvalue weighted by Crippen LogP contribution is 2.41. The summed E-state index contributed by atoms with van der Waals surface area (Å²) in [5, 5.41) is 0. The van der Waals surface area contributed by atoms with Gasteiger partial charge in [-0.25, -0.2) is 22.0 Å². The highest BCUT2D eigenvalue weighted by molar-refractivity contribution is 5.46. The molecule has 0 amide bonds. The molecule has 1 atom stereocenters. The number of rotatable bonds is 3. The number of pyridine rings is 2. The SMILES string of the molecule is Cc1ccc(C(C)(c2cccc(=O)[nH]2)c2c(F)c(F)c(F)c(F)c2F)nc1. The van der Waals surface area contributed by atoms with Crippen LogP contribution in [0.3, 0.4) is 0 Å². The van der Waals surface area contributed by atoms with Crippen molar-refractivity contribution in [2.45, 2.75) is 19.3 Å². The first-order valence-electron chi connectivity index (χ1n) is 7.82. The van der Waals surface area contributed by atoms with Gasteiger partial charge in [-0.1, -0.05) is 12.1 Å². The largest absolute Gasteiger partial charge is 0.325 e. The van der Waals surface area contributed by atoms with Gasteiger partial charge < -0.3 is 4.98 Å². The molecule has 0 saturated carbocycles. The van der Waals surface area contributed by atoms with Crippen molar-refractivity contribution in [3.63, 3.8) is 0 Å². The van der Waals surface area contributed by atoms with Crippen LogP contribution in [0.2, 0.25) is 0 Å². The van der Waals surface area contributed by atoms with Crippen LogP contribution < -0.4 is 5.56 Å². The van der Waals surface area contributed by atoms with Gasteiger partial charge in [0, 0.05) is 23.5 Å². The van der Waals surface area contributed by atoms with Crippen molar-refractivity contribution in [1.82, 2.24) is 9.97 Å². The number of halogens is 5. The lowest BCUT2D eigenvalue weighted by Gasteiger charge is -2.31. The second kappa shape index (κ2) is 6.61. The van der Waals surface area contributed by atoms with Crippen molar-refractivity contribution in [3.05, 3.63) is 98.5 Å². The number of nitrogens with one attached hydrogen (secondary N) is 1. The number of aromatic nitrogens is 2. The smallest absolute Gasteiger partial charge is 0.248 e. The predicted molar refractivity (Wildman–Crippen MR) is 87.8 cm³/mol. The molecule has 0 spiro atoms. The second-order valence-electron chi connectivity index (χ2n) is 6.22. The van der Waals surface area contributed by atoms with Crippen molar-refractivity contribution in [3.8, 4) is 0 Å². The average Bonchev–Trinajstić information content (AvgIpc) is 2.65. The average molecular weight is 380 g/mol. The molecule has 8 heteroatoms. The third-order valence-corrected chi connectivity index (χ3v) is 4.44. The quantitative estimate of drug-likeness (QED) is 0.422. The Morgan fingerprint density at radius 2 is 1.48 bits per heavy atom. The molecule has 27 heavy (non-hydrogen) atoms. The van der Waals surface area contributed by atoms with Gasteiger partial charge in [0.05, 0.1) is 11.1 Å². The zero-order valence-electron chi connectivity index (χ0n) is 14.2. The first kappa shape index (κ1) is 18.8. The van der Waals surface area contributed by atoms with E-state index in [1.54, 1.807) is 13.0 Å². The number of H-pyrrole nitrogens is 1. The molecular weight excluding hydrogens is 367 g/mol. The molecule has 3 rings (SSSR count). The van der Waals surface area contributed by atoms with E-state index in [-0.39, 0.29) is 11.4 Å². The molecule has 3 nitrogen and oxygen atoms in total. The third kappa shape index (κ3) is 2.90. The van der Waals surface area contributed by atoms with Crippen LogP contribution >= 0.6 is 0 Å². The van der Waals surface area contributed by atoms with E-state index in [4.69, 9.17) is 0 Å². The van der Waals surface area contributed by atoms with E-state index in [9.17, 15) is 26.7 Å². The molecule has 0 radical (unpaired) electrons. The van der Waals surface area contributed by atoms with Gasteiger partial charge >= 0.3 is 0 Å². The minimum atomic E-state index is -2.26. The molecule has 0 saturated heterocycles. The Kier molecular flexibility index (Phi) is 4.59. The van der Waals surface area contributed by atoms with E-state index in [0.717, 1.165) is 11.6 Å². The summed E-state index contributed by atoms with van der Waals surface area (Å²) in [6.45, 7) is 2.95. The Labute approximate surface area is 150 Å². The Morgan fingerprint density at radius 1 is 0.889 bits per heavy atom. The zero-order chi connectivity index (χ0) is 19.9. The summed E-state index contributed by atoms with van der Waals surface area (Å²) in [7, 11) is 0. The molecule has 0 aliphatic heterocycles. The van der Waals surface area contributed by atoms with Crippen molar-refractivity contribution >= 4 is 0 Å². The first-order valence-corrected chi connectivity index (χ1v) is 7.82. The summed E-state index contributed by atoms with van der Waals surface area (Å²) in [6, 6.07) is 6.77. The van der Waals surface area contributed by atoms with Crippen LogP contribution in [0.15, 0.2) is 41.3 Å². The lowest BCUT2D eigenvalue weighted by molar-refractivity contribution is 0.358. The van der Waals surface area contributed by atoms with Gasteiger partial charge in [0.25, 0.3) is 0 Å². The summed E-state index contributed by atoms with van der Waals surface area (Å²) in [4.78, 5) is 18.2. The molecule has 2 aromatic heterocycles. The molecule has 0 aliphatic rings. The topological polar surface area (TPSA) is 45.8 Å². The van der Waals surface area contributed by atoms with Crippen LogP contribution in [0.5, 0.6) is 0 Å². The molecular formula is C19H13F5N2O. The minimum Gasteiger partial charge on any atom is -0.325 e. The first-order chi connectivity index (χ1) is 12.7. The highest BCUT2D eigenvalue weighted by Gasteiger charge is 2.42. The summed E-state index contributed by atoms with van der Waals surface area (Å²) in [5.74, 6) is -10.4. The normalized spacial score (nSPS) is 13.4. The Hall–Kier alpha value is -3.03. The van der Waals surface area contributed by atoms with E-state index in [1.807, 2.05) is 0 Å². The van der Waals surface area contributed by atoms with E-state index in [0.29, 0.717) is 0 Å². The summed E-state index contributed by atoms with van der Waals surface area (Å²) in [5.41, 5.74) is -3.00. The molecule has 1 N–H and O–H groups in total. The maximum absolute atomic E-state index is 14.6. The van der Waals surface area contributed by atoms with Crippen LogP contribution in [-0.2, 0) is 5.41 Å². The monoisotopic (exact) mass is 380 g/mol. The fraction of sp³-hybridized carbons (Fsp3) is 0.158. The van der Waals surface area contributed by atoms with Gasteiger partial charge in [-0.15, -0.1) is 0 Å². The minimum absolute atomic E-state index is 0.00171. The van der Waals surface area contributed by atoms with Crippen molar-refractivity contribution < 1.29 is 22.0 Å². The number of nitrogens with zero attached hydrogens (tertiary/aromatic N) is 1. The van der Waals surface area contributed by atoms with Gasteiger partial charge in [-0.2, -0.15) is 0 Å². The number of aryl methyl sites for hydroxylation is 1. The van der Waals surface area contributed by atoms with Gasteiger partial charge in [0.2, 0.25) is 11.4 Å². The molecule has 0 aliphatic carbocycles. The maximum Gasteiger partial charge on any atom is 0.248 e. The van der Waals surface area contributed by atoms with Crippen molar-refractivity contribution in [1.29, 1.82) is 0 Å². The van der Waals surface area contributed by atoms with E-state index in [1.165, 1.54) is 31.3 Å². The highest BCUT2D eigenvalue weighted by atomic mass is 19.2. The predicted octanol–water partition coefficient (Wildman–Crippen LogP) is 4.13. The fourth-order valence-corrected chi connectivity index (χ4v) is 2.95. The Bertz CT molecular complexity index is 1050. The lowest BCUT2D eigenvalue weighted by Crippen LogP contribution is -2.33. The summed E-state index contributed by atoms with van der Waals surface area (Å²) < 4.78 is 70.4. The summed E-state index contributed by atoms with van der Waals surface area (Å²) >= 11 is 0. The molecule has 1 aromatic carbocycles. The van der Waals surface area contributed by atoms with Gasteiger partial charge in [0.15, 0.2) is 23.3 Å². The van der Waals surface area contributed by atoms with Gasteiger partial charge in [-0.3, -0.25) is 9.78 Å². The van der Waals surface area contributed by atoms with Crippen LogP contribution in [0.4, 0.5) is 22.0 Å². The van der Waals surface area contributed by atoms with Crippen molar-refractivity contribution in [2.75, 3.05) is 0 Å². The molecule has 140 valence electrons. The molecule has 0 bridgehead atoms. The second-order valence-corrected chi connectivity index (χ2v) is 6.22. The molecule has 0 fully saturated rings. The van der Waals surface area contributed by atoms with Crippen LogP contribution in [-0.4, -0.2) is 9.97 Å². The third-order valence-electron chi connectivity index (χ3n) is 4.44. The van der Waals surface area contributed by atoms with Crippen molar-refractivity contribution in [2.24, 2.45) is 0 Å². The lowest BCUT2D eigenvalue weighted by atomic mass is 9.75. The number of hydrogen-bond donors (Lipinski definition) is 1. The van der Waals surface area contributed by atoms with Crippen LogP contribution in [0, 0.1) is 36.0 Å². The zero-order valence-corrected chi connectivity index (χ0v) is 14.2. The number of aromatic amines is 1. The Balaban J connectivity index is 2.46. The van der Waals surface area contributed by atoms with E-state index < -0.39 is 45.6 Å². The van der Waals surface area contributed by atoms with E-state index in [2.05, 4.69) is 9.97 Å². The van der Waals surface area contributed by atoms with Crippen LogP contribution in [0.1, 0.15) is 29.4 Å². The molecule has 3 aromatic rings. The standard InChI is InChI=1S/C19H13F5N2O/c1-9-6-7-10(25-8-9)19(2,11-4-3-5-12(27)26-11)13-14(20)16(22)18(24)17(23)15(13)21/h3-8H,1-2H3,(H,26,27). The molecule has 2 heterocycles. The van der Waals surface area contributed by atoms with Gasteiger partial charge in [-0.05, 0) is 31.5 Å². The Morgan fingerprint density at radius 3 is 2.00 bits per heavy atom. The fourth-order valence-electron chi connectivity index (χ4n) is 2.95. The number of benzene rings is 1. The number of hydrogen-bond acceptors (Lipinski definition) is 2. The van der Waals surface area contributed by atoms with Gasteiger partial charge in [0.1, 0.15) is 0 Å². The van der Waals surface area contributed by atoms with Crippen LogP contribution in [0.25, 0.3) is 0 Å².